The highest BCUT2D eigenvalue weighted by Crippen LogP contribution is 2.18. The van der Waals surface area contributed by atoms with Gasteiger partial charge in [0.25, 0.3) is 0 Å². The average Bonchev–Trinajstić information content (AvgIpc) is 2.57. The largest absolute Gasteiger partial charge is 0.497 e. The van der Waals surface area contributed by atoms with Crippen molar-refractivity contribution in [2.24, 2.45) is 0 Å². The van der Waals surface area contributed by atoms with Gasteiger partial charge in [0.05, 0.1) is 33.3 Å². The van der Waals surface area contributed by atoms with Crippen LogP contribution in [0.15, 0.2) is 24.3 Å². The summed E-state index contributed by atoms with van der Waals surface area (Å²) in [6.07, 6.45) is 10.2. The zero-order valence-electron chi connectivity index (χ0n) is 13.0. The van der Waals surface area contributed by atoms with E-state index in [4.69, 9.17) is 17.6 Å². The van der Waals surface area contributed by atoms with E-state index in [0.717, 1.165) is 0 Å². The highest BCUT2D eigenvalue weighted by atomic mass is 16.5. The molecule has 0 saturated carbocycles. The molecule has 0 atom stereocenters. The van der Waals surface area contributed by atoms with E-state index in [9.17, 15) is 9.59 Å². The fourth-order valence-electron chi connectivity index (χ4n) is 1.79. The van der Waals surface area contributed by atoms with E-state index >= 15 is 0 Å². The molecule has 1 aromatic carbocycles. The number of methoxy groups -OCH3 is 1. The number of ether oxygens (including phenoxy) is 1. The van der Waals surface area contributed by atoms with Gasteiger partial charge in [0, 0.05) is 5.69 Å². The highest BCUT2D eigenvalue weighted by Gasteiger charge is 2.15. The molecule has 1 rings (SSSR count). The number of rotatable bonds is 8. The molecule has 23 heavy (non-hydrogen) atoms. The minimum Gasteiger partial charge on any atom is -0.497 e. The molecule has 0 aliphatic rings. The quantitative estimate of drug-likeness (QED) is 0.663. The van der Waals surface area contributed by atoms with Crippen LogP contribution in [0.25, 0.3) is 0 Å². The normalized spacial score (nSPS) is 9.17. The molecule has 0 aromatic heterocycles. The lowest BCUT2D eigenvalue weighted by Crippen LogP contribution is -2.43. The molecule has 0 spiro atoms. The van der Waals surface area contributed by atoms with Crippen molar-refractivity contribution < 1.29 is 14.3 Å². The number of terminal acetylenes is 2. The number of benzene rings is 1. The van der Waals surface area contributed by atoms with Gasteiger partial charge >= 0.3 is 0 Å². The fraction of sp³-hybridized carbons (Fsp3) is 0.294. The van der Waals surface area contributed by atoms with Gasteiger partial charge in [-0.1, -0.05) is 11.8 Å². The van der Waals surface area contributed by atoms with E-state index in [1.165, 1.54) is 0 Å². The van der Waals surface area contributed by atoms with Crippen LogP contribution in [0.2, 0.25) is 0 Å². The van der Waals surface area contributed by atoms with Crippen LogP contribution in [-0.4, -0.2) is 45.1 Å². The number of nitrogens with one attached hydrogen (secondary N) is 2. The van der Waals surface area contributed by atoms with Crippen LogP contribution in [0.4, 0.5) is 5.69 Å². The van der Waals surface area contributed by atoms with E-state index in [-0.39, 0.29) is 38.0 Å². The van der Waals surface area contributed by atoms with Crippen LogP contribution in [0.3, 0.4) is 0 Å². The minimum absolute atomic E-state index is 0.00250. The van der Waals surface area contributed by atoms with Crippen molar-refractivity contribution in [3.05, 3.63) is 24.3 Å². The smallest absolute Gasteiger partial charge is 0.240 e. The lowest BCUT2D eigenvalue weighted by Gasteiger charge is -2.23. The minimum atomic E-state index is -0.275. The van der Waals surface area contributed by atoms with Gasteiger partial charge in [-0.2, -0.15) is 0 Å². The van der Waals surface area contributed by atoms with Crippen LogP contribution in [-0.2, 0) is 9.59 Å². The second-order valence-corrected chi connectivity index (χ2v) is 4.52. The van der Waals surface area contributed by atoms with Crippen molar-refractivity contribution in [1.29, 1.82) is 0 Å². The van der Waals surface area contributed by atoms with Crippen LogP contribution in [0.1, 0.15) is 0 Å². The van der Waals surface area contributed by atoms with E-state index in [1.54, 1.807) is 36.3 Å². The molecule has 120 valence electrons. The lowest BCUT2D eigenvalue weighted by molar-refractivity contribution is -0.120. The van der Waals surface area contributed by atoms with Crippen LogP contribution >= 0.6 is 0 Å². The predicted octanol–water partition coefficient (Wildman–Crippen LogP) is 0.000400. The highest BCUT2D eigenvalue weighted by molar-refractivity contribution is 5.86. The van der Waals surface area contributed by atoms with Gasteiger partial charge < -0.3 is 20.3 Å². The van der Waals surface area contributed by atoms with Gasteiger partial charge in [-0.05, 0) is 24.3 Å². The summed E-state index contributed by atoms with van der Waals surface area (Å²) >= 11 is 0. The third-order valence-corrected chi connectivity index (χ3v) is 2.88. The second-order valence-electron chi connectivity index (χ2n) is 4.52. The Morgan fingerprint density at radius 1 is 1.04 bits per heavy atom. The average molecular weight is 313 g/mol. The van der Waals surface area contributed by atoms with Gasteiger partial charge in [-0.25, -0.2) is 0 Å². The van der Waals surface area contributed by atoms with Gasteiger partial charge in [0.1, 0.15) is 5.75 Å². The van der Waals surface area contributed by atoms with Crippen molar-refractivity contribution in [1.82, 2.24) is 10.6 Å². The molecule has 6 heteroatoms. The predicted molar refractivity (Wildman–Crippen MR) is 88.9 cm³/mol. The molecular weight excluding hydrogens is 294 g/mol. The van der Waals surface area contributed by atoms with Gasteiger partial charge in [-0.15, -0.1) is 12.8 Å². The first-order valence-electron chi connectivity index (χ1n) is 6.90. The molecule has 0 fully saturated rings. The number of anilines is 1. The first kappa shape index (κ1) is 17.9. The zero-order chi connectivity index (χ0) is 17.1. The third-order valence-electron chi connectivity index (χ3n) is 2.88. The summed E-state index contributed by atoms with van der Waals surface area (Å²) in [6, 6.07) is 7.03. The van der Waals surface area contributed by atoms with E-state index in [0.29, 0.717) is 11.4 Å². The maximum absolute atomic E-state index is 11.9. The Hall–Kier alpha value is -3.12. The first-order valence-corrected chi connectivity index (χ1v) is 6.90. The molecular formula is C17H19N3O3. The van der Waals surface area contributed by atoms with E-state index in [2.05, 4.69) is 22.5 Å². The third kappa shape index (κ3) is 6.45. The number of nitrogens with zero attached hydrogens (tertiary/aromatic N) is 1. The van der Waals surface area contributed by atoms with Crippen molar-refractivity contribution in [2.75, 3.05) is 38.2 Å². The van der Waals surface area contributed by atoms with Gasteiger partial charge in [-0.3, -0.25) is 9.59 Å². The number of amides is 2. The van der Waals surface area contributed by atoms with Crippen LogP contribution < -0.4 is 20.3 Å². The summed E-state index contributed by atoms with van der Waals surface area (Å²) in [5.41, 5.74) is 0.706. The zero-order valence-corrected chi connectivity index (χ0v) is 13.0. The molecule has 2 N–H and O–H groups in total. The molecule has 0 radical (unpaired) electrons. The Morgan fingerprint density at radius 3 is 1.91 bits per heavy atom. The Balaban J connectivity index is 2.82. The van der Waals surface area contributed by atoms with Crippen molar-refractivity contribution >= 4 is 17.5 Å². The van der Waals surface area contributed by atoms with Crippen molar-refractivity contribution in [3.63, 3.8) is 0 Å². The maximum atomic E-state index is 11.9. The Morgan fingerprint density at radius 2 is 1.52 bits per heavy atom. The number of hydrogen-bond acceptors (Lipinski definition) is 4. The Kier molecular flexibility index (Phi) is 7.60. The number of carbonyl (C=O) groups is 2. The van der Waals surface area contributed by atoms with E-state index in [1.807, 2.05) is 0 Å². The maximum Gasteiger partial charge on any atom is 0.240 e. The lowest BCUT2D eigenvalue weighted by atomic mass is 10.2. The van der Waals surface area contributed by atoms with Gasteiger partial charge in [0.15, 0.2) is 0 Å². The fourth-order valence-corrected chi connectivity index (χ4v) is 1.79. The Labute approximate surface area is 136 Å². The molecule has 0 unspecified atom stereocenters. The molecule has 1 aromatic rings. The van der Waals surface area contributed by atoms with Crippen molar-refractivity contribution in [2.45, 2.75) is 0 Å². The molecule has 0 aliphatic heterocycles. The van der Waals surface area contributed by atoms with Gasteiger partial charge in [0.2, 0.25) is 11.8 Å². The topological polar surface area (TPSA) is 70.7 Å². The monoisotopic (exact) mass is 313 g/mol. The molecule has 0 aliphatic carbocycles. The second kappa shape index (κ2) is 9.75. The summed E-state index contributed by atoms with van der Waals surface area (Å²) in [6.45, 7) is 0.270. The van der Waals surface area contributed by atoms with Crippen molar-refractivity contribution in [3.8, 4) is 30.4 Å². The van der Waals surface area contributed by atoms with Crippen LogP contribution in [0, 0.1) is 24.7 Å². The number of carbonyl (C=O) groups excluding carboxylic acids is 2. The summed E-state index contributed by atoms with van der Waals surface area (Å²) in [5, 5.41) is 5.13. The van der Waals surface area contributed by atoms with E-state index < -0.39 is 0 Å². The molecule has 6 nitrogen and oxygen atoms in total. The van der Waals surface area contributed by atoms with Crippen LogP contribution in [0.5, 0.6) is 5.75 Å². The summed E-state index contributed by atoms with van der Waals surface area (Å²) < 4.78 is 5.10. The summed E-state index contributed by atoms with van der Waals surface area (Å²) in [7, 11) is 1.56. The first-order chi connectivity index (χ1) is 11.1. The molecule has 0 heterocycles. The Bertz CT molecular complexity index is 579. The number of hydrogen-bond donors (Lipinski definition) is 2. The standard InChI is InChI=1S/C17H19N3O3/c1-4-10-18-16(21)12-20(13-17(22)19-11-5-2)14-6-8-15(23-3)9-7-14/h1-2,6-9H,10-13H2,3H3,(H,18,21)(H,19,22). The summed E-state index contributed by atoms with van der Waals surface area (Å²) in [5.74, 6) is 4.79. The molecule has 0 bridgehead atoms. The SMILES string of the molecule is C#CCNC(=O)CN(CC(=O)NCC#C)c1ccc(OC)cc1. The molecule has 0 saturated heterocycles. The summed E-state index contributed by atoms with van der Waals surface area (Å²) in [4.78, 5) is 25.4. The molecule has 2 amide bonds.